The van der Waals surface area contributed by atoms with Gasteiger partial charge in [-0.2, -0.15) is 5.48 Å². The minimum absolute atomic E-state index is 0.263. The van der Waals surface area contributed by atoms with E-state index in [1.54, 1.807) is 0 Å². The molecule has 0 radical (unpaired) electrons. The molecule has 5 heteroatoms. The van der Waals surface area contributed by atoms with Gasteiger partial charge in [0.15, 0.2) is 0 Å². The molecule has 0 fully saturated rings. The van der Waals surface area contributed by atoms with Crippen molar-refractivity contribution in [2.24, 2.45) is 5.92 Å². The van der Waals surface area contributed by atoms with Crippen molar-refractivity contribution < 1.29 is 14.1 Å². The average Bonchev–Trinajstić information content (AvgIpc) is 2.34. The van der Waals surface area contributed by atoms with Gasteiger partial charge in [-0.15, -0.1) is 0 Å². The summed E-state index contributed by atoms with van der Waals surface area (Å²) in [7, 11) is -3.51. The van der Waals surface area contributed by atoms with E-state index in [0.717, 1.165) is 12.8 Å². The van der Waals surface area contributed by atoms with Gasteiger partial charge < -0.3 is 4.89 Å². The van der Waals surface area contributed by atoms with Gasteiger partial charge in [-0.25, -0.2) is 4.62 Å². The van der Waals surface area contributed by atoms with Crippen molar-refractivity contribution in [2.45, 2.75) is 71.9 Å². The lowest BCUT2D eigenvalue weighted by Crippen LogP contribution is -2.24. The number of rotatable bonds is 11. The highest BCUT2D eigenvalue weighted by Gasteiger charge is 2.30. The summed E-state index contributed by atoms with van der Waals surface area (Å²) in [5.41, 5.74) is 2.46. The van der Waals surface area contributed by atoms with E-state index >= 15 is 0 Å². The van der Waals surface area contributed by atoms with Gasteiger partial charge in [0.25, 0.3) is 0 Å². The lowest BCUT2D eigenvalue weighted by atomic mass is 10.00. The molecule has 0 aliphatic rings. The first-order valence-electron chi connectivity index (χ1n) is 7.25. The molecule has 0 spiro atoms. The topological polar surface area (TPSA) is 58.6 Å². The Bertz CT molecular complexity index is 244. The summed E-state index contributed by atoms with van der Waals surface area (Å²) >= 11 is 0. The molecule has 4 nitrogen and oxygen atoms in total. The Kier molecular flexibility index (Phi) is 10.0. The molecule has 0 saturated heterocycles. The first-order chi connectivity index (χ1) is 8.51. The van der Waals surface area contributed by atoms with Gasteiger partial charge >= 0.3 is 7.60 Å². The summed E-state index contributed by atoms with van der Waals surface area (Å²) in [4.78, 5) is 9.81. The van der Waals surface area contributed by atoms with Crippen molar-refractivity contribution >= 4 is 7.60 Å². The van der Waals surface area contributed by atoms with E-state index < -0.39 is 7.60 Å². The zero-order valence-electron chi connectivity index (χ0n) is 12.3. The Labute approximate surface area is 112 Å². The average molecular weight is 279 g/mol. The number of nitrogens with one attached hydrogen (secondary N) is 1. The van der Waals surface area contributed by atoms with Crippen LogP contribution in [0.3, 0.4) is 0 Å². The van der Waals surface area contributed by atoms with Crippen LogP contribution in [-0.4, -0.2) is 17.1 Å². The first kappa shape index (κ1) is 18.1. The highest BCUT2D eigenvalue weighted by molar-refractivity contribution is 7.53. The molecule has 2 N–H and O–H groups in total. The van der Waals surface area contributed by atoms with E-state index in [0.29, 0.717) is 25.3 Å². The van der Waals surface area contributed by atoms with Crippen LogP contribution in [0.5, 0.6) is 0 Å². The highest BCUT2D eigenvalue weighted by atomic mass is 31.2. The van der Waals surface area contributed by atoms with Gasteiger partial charge in [0.1, 0.15) is 0 Å². The first-order valence-corrected chi connectivity index (χ1v) is 8.90. The molecule has 0 bridgehead atoms. The fourth-order valence-electron chi connectivity index (χ4n) is 2.02. The second-order valence-electron chi connectivity index (χ2n) is 4.89. The van der Waals surface area contributed by atoms with Crippen molar-refractivity contribution in [3.8, 4) is 0 Å². The molecular weight excluding hydrogens is 249 g/mol. The van der Waals surface area contributed by atoms with Gasteiger partial charge in [-0.3, -0.25) is 4.57 Å². The third-order valence-electron chi connectivity index (χ3n) is 3.51. The predicted molar refractivity (Wildman–Crippen MR) is 76.6 cm³/mol. The van der Waals surface area contributed by atoms with E-state index in [9.17, 15) is 9.46 Å². The lowest BCUT2D eigenvalue weighted by molar-refractivity contribution is 0.142. The van der Waals surface area contributed by atoms with E-state index in [-0.39, 0.29) is 5.66 Å². The summed E-state index contributed by atoms with van der Waals surface area (Å²) in [6, 6.07) is 0. The van der Waals surface area contributed by atoms with Crippen LogP contribution < -0.4 is 5.48 Å². The summed E-state index contributed by atoms with van der Waals surface area (Å²) < 4.78 is 17.0. The number of unbranched alkanes of at least 4 members (excludes halogenated alkanes) is 1. The Morgan fingerprint density at radius 1 is 1.17 bits per heavy atom. The third kappa shape index (κ3) is 6.89. The van der Waals surface area contributed by atoms with E-state index in [4.69, 9.17) is 4.62 Å². The molecule has 0 heterocycles. The normalized spacial score (nSPS) is 16.8. The Morgan fingerprint density at radius 3 is 2.22 bits per heavy atom. The summed E-state index contributed by atoms with van der Waals surface area (Å²) in [6.45, 7) is 8.79. The van der Waals surface area contributed by atoms with Crippen molar-refractivity contribution in [3.05, 3.63) is 0 Å². The van der Waals surface area contributed by atoms with Crippen molar-refractivity contribution in [2.75, 3.05) is 6.54 Å². The van der Waals surface area contributed by atoms with Crippen molar-refractivity contribution in [1.82, 2.24) is 5.48 Å². The molecule has 0 aromatic carbocycles. The van der Waals surface area contributed by atoms with E-state index in [2.05, 4.69) is 19.3 Å². The maximum Gasteiger partial charge on any atom is 0.347 e. The largest absolute Gasteiger partial charge is 0.347 e. The summed E-state index contributed by atoms with van der Waals surface area (Å²) in [5, 5.41) is 0. The quantitative estimate of drug-likeness (QED) is 0.441. The molecule has 0 aromatic rings. The van der Waals surface area contributed by atoms with Crippen molar-refractivity contribution in [1.29, 1.82) is 0 Å². The Hall–Kier alpha value is 0.110. The minimum Gasteiger partial charge on any atom is -0.323 e. The molecular formula is C13H30NO3P. The van der Waals surface area contributed by atoms with Crippen LogP contribution >= 0.6 is 7.60 Å². The lowest BCUT2D eigenvalue weighted by Gasteiger charge is -2.21. The van der Waals surface area contributed by atoms with Crippen LogP contribution in [0.15, 0.2) is 0 Å². The third-order valence-corrected chi connectivity index (χ3v) is 5.56. The zero-order chi connectivity index (χ0) is 14.0. The SMILES string of the molecule is CCCCC(CC)CNOP(=O)(O)C(CC)CC. The second kappa shape index (κ2) is 9.96. The van der Waals surface area contributed by atoms with Crippen LogP contribution in [0.1, 0.15) is 66.2 Å². The molecule has 0 aliphatic heterocycles. The fraction of sp³-hybridized carbons (Fsp3) is 1.00. The number of hydrogen-bond acceptors (Lipinski definition) is 3. The Morgan fingerprint density at radius 2 is 1.78 bits per heavy atom. The van der Waals surface area contributed by atoms with Crippen LogP contribution in [0.25, 0.3) is 0 Å². The fourth-order valence-corrected chi connectivity index (χ4v) is 3.35. The maximum absolute atomic E-state index is 11.9. The van der Waals surface area contributed by atoms with Crippen LogP contribution in [0.4, 0.5) is 0 Å². The van der Waals surface area contributed by atoms with E-state index in [1.807, 2.05) is 13.8 Å². The standard InChI is InChI=1S/C13H30NO3P/c1-5-9-10-12(6-2)11-14-17-18(15,16)13(7-3)8-4/h12-14H,5-11H2,1-4H3,(H,15,16). The smallest absolute Gasteiger partial charge is 0.323 e. The maximum atomic E-state index is 11.9. The molecule has 2 atom stereocenters. The summed E-state index contributed by atoms with van der Waals surface area (Å²) in [5.74, 6) is 0.520. The molecule has 0 amide bonds. The van der Waals surface area contributed by atoms with Crippen LogP contribution in [0.2, 0.25) is 0 Å². The highest BCUT2D eigenvalue weighted by Crippen LogP contribution is 2.49. The molecule has 0 saturated carbocycles. The molecule has 0 aromatic heterocycles. The molecule has 18 heavy (non-hydrogen) atoms. The van der Waals surface area contributed by atoms with Gasteiger partial charge in [0.05, 0.1) is 5.66 Å². The van der Waals surface area contributed by atoms with Gasteiger partial charge in [-0.05, 0) is 25.2 Å². The number of hydroxylamine groups is 1. The van der Waals surface area contributed by atoms with Crippen molar-refractivity contribution in [3.63, 3.8) is 0 Å². The molecule has 0 aliphatic carbocycles. The molecule has 0 rings (SSSR count). The van der Waals surface area contributed by atoms with Gasteiger partial charge in [0, 0.05) is 6.54 Å². The molecule has 2 unspecified atom stereocenters. The van der Waals surface area contributed by atoms with Gasteiger partial charge in [-0.1, -0.05) is 47.0 Å². The minimum atomic E-state index is -3.51. The van der Waals surface area contributed by atoms with E-state index in [1.165, 1.54) is 12.8 Å². The van der Waals surface area contributed by atoms with Crippen LogP contribution in [-0.2, 0) is 9.19 Å². The monoisotopic (exact) mass is 279 g/mol. The Balaban J connectivity index is 4.03. The summed E-state index contributed by atoms with van der Waals surface area (Å²) in [6.07, 6.45) is 5.92. The van der Waals surface area contributed by atoms with Gasteiger partial charge in [0.2, 0.25) is 0 Å². The molecule has 110 valence electrons. The second-order valence-corrected chi connectivity index (χ2v) is 6.93. The number of hydrogen-bond donors (Lipinski definition) is 2. The predicted octanol–water partition coefficient (Wildman–Crippen LogP) is 4.10. The van der Waals surface area contributed by atoms with Crippen LogP contribution in [0, 0.1) is 5.92 Å². The zero-order valence-corrected chi connectivity index (χ0v) is 13.2.